The van der Waals surface area contributed by atoms with E-state index in [1.807, 2.05) is 13.8 Å². The van der Waals surface area contributed by atoms with Gasteiger partial charge in [-0.05, 0) is 50.2 Å². The molecule has 0 atom stereocenters. The molecule has 2 aromatic carbocycles. The fourth-order valence-corrected chi connectivity index (χ4v) is 2.56. The van der Waals surface area contributed by atoms with E-state index in [0.717, 1.165) is 0 Å². The van der Waals surface area contributed by atoms with Crippen molar-refractivity contribution >= 4 is 45.6 Å². The average Bonchev–Trinajstić information content (AvgIpc) is 2.63. The predicted molar refractivity (Wildman–Crippen MR) is 104 cm³/mol. The zero-order valence-corrected chi connectivity index (χ0v) is 15.5. The number of anilines is 3. The molecule has 0 unspecified atom stereocenters. The van der Waals surface area contributed by atoms with Crippen molar-refractivity contribution in [2.24, 2.45) is 0 Å². The predicted octanol–water partition coefficient (Wildman–Crippen LogP) is 4.53. The van der Waals surface area contributed by atoms with Gasteiger partial charge in [0.2, 0.25) is 5.91 Å². The van der Waals surface area contributed by atoms with Crippen LogP contribution in [-0.4, -0.2) is 28.6 Å². The topological polar surface area (TPSA) is 76.1 Å². The van der Waals surface area contributed by atoms with E-state index in [2.05, 4.69) is 20.6 Å². The van der Waals surface area contributed by atoms with Crippen LogP contribution in [0.2, 0.25) is 5.02 Å². The molecule has 140 valence electrons. The third-order valence-corrected chi connectivity index (χ3v) is 3.94. The number of nitrogens with one attached hydrogen (secondary N) is 2. The number of hydrogen-bond donors (Lipinski definition) is 2. The summed E-state index contributed by atoms with van der Waals surface area (Å²) in [5, 5.41) is 6.58. The van der Waals surface area contributed by atoms with Crippen LogP contribution in [0, 0.1) is 5.82 Å². The van der Waals surface area contributed by atoms with Gasteiger partial charge in [-0.15, -0.1) is 0 Å². The first-order chi connectivity index (χ1) is 12.9. The maximum atomic E-state index is 13.3. The van der Waals surface area contributed by atoms with Crippen LogP contribution < -0.4 is 10.6 Å². The van der Waals surface area contributed by atoms with Gasteiger partial charge in [0.25, 0.3) is 0 Å². The van der Waals surface area contributed by atoms with Crippen LogP contribution in [-0.2, 0) is 9.53 Å². The summed E-state index contributed by atoms with van der Waals surface area (Å²) in [6.45, 7) is 3.70. The van der Waals surface area contributed by atoms with Gasteiger partial charge in [0, 0.05) is 16.8 Å². The summed E-state index contributed by atoms with van der Waals surface area (Å²) in [5.41, 5.74) is 1.87. The van der Waals surface area contributed by atoms with Gasteiger partial charge in [0.15, 0.2) is 0 Å². The third kappa shape index (κ3) is 4.90. The molecule has 1 heterocycles. The first-order valence-corrected chi connectivity index (χ1v) is 8.68. The molecule has 0 saturated heterocycles. The van der Waals surface area contributed by atoms with Gasteiger partial charge in [0.1, 0.15) is 24.6 Å². The number of hydrogen-bond acceptors (Lipinski definition) is 5. The number of benzene rings is 2. The Bertz CT molecular complexity index is 981. The molecule has 3 rings (SSSR count). The van der Waals surface area contributed by atoms with E-state index in [1.165, 1.54) is 18.5 Å². The minimum atomic E-state index is -0.497. The molecule has 0 radical (unpaired) electrons. The molecule has 0 fully saturated rings. The maximum Gasteiger partial charge on any atom is 0.250 e. The van der Waals surface area contributed by atoms with Crippen molar-refractivity contribution in [3.05, 3.63) is 53.6 Å². The Labute approximate surface area is 160 Å². The molecule has 3 aromatic rings. The lowest BCUT2D eigenvalue weighted by Crippen LogP contribution is -2.20. The first kappa shape index (κ1) is 19.0. The molecule has 0 aliphatic heterocycles. The van der Waals surface area contributed by atoms with E-state index in [1.54, 1.807) is 24.3 Å². The molecule has 6 nitrogen and oxygen atoms in total. The minimum absolute atomic E-state index is 0.0106. The van der Waals surface area contributed by atoms with Crippen molar-refractivity contribution in [3.63, 3.8) is 0 Å². The average molecular weight is 389 g/mol. The molecule has 27 heavy (non-hydrogen) atoms. The normalized spacial score (nSPS) is 11.0. The highest BCUT2D eigenvalue weighted by Crippen LogP contribution is 2.27. The molecule has 1 aromatic heterocycles. The van der Waals surface area contributed by atoms with E-state index in [4.69, 9.17) is 16.3 Å². The van der Waals surface area contributed by atoms with Crippen LogP contribution in [0.3, 0.4) is 0 Å². The van der Waals surface area contributed by atoms with Crippen LogP contribution >= 0.6 is 11.6 Å². The summed E-state index contributed by atoms with van der Waals surface area (Å²) in [5.74, 6) is -0.236. The zero-order chi connectivity index (χ0) is 19.4. The summed E-state index contributed by atoms with van der Waals surface area (Å²) < 4.78 is 18.6. The van der Waals surface area contributed by atoms with E-state index >= 15 is 0 Å². The van der Waals surface area contributed by atoms with Gasteiger partial charge < -0.3 is 15.4 Å². The summed E-state index contributed by atoms with van der Waals surface area (Å²) in [4.78, 5) is 20.4. The lowest BCUT2D eigenvalue weighted by molar-refractivity contribution is -0.121. The Morgan fingerprint density at radius 2 is 1.96 bits per heavy atom. The Morgan fingerprint density at radius 1 is 1.19 bits per heavy atom. The molecule has 0 bridgehead atoms. The number of carbonyl (C=O) groups excluding carboxylic acids is 1. The molecule has 0 aliphatic rings. The van der Waals surface area contributed by atoms with Gasteiger partial charge in [0.05, 0.1) is 16.6 Å². The third-order valence-electron chi connectivity index (χ3n) is 3.65. The molecule has 0 saturated carbocycles. The molecule has 2 N–H and O–H groups in total. The van der Waals surface area contributed by atoms with Crippen LogP contribution in [0.25, 0.3) is 10.9 Å². The van der Waals surface area contributed by atoms with E-state index < -0.39 is 5.82 Å². The Balaban J connectivity index is 1.85. The van der Waals surface area contributed by atoms with E-state index in [9.17, 15) is 9.18 Å². The Morgan fingerprint density at radius 3 is 2.70 bits per heavy atom. The summed E-state index contributed by atoms with van der Waals surface area (Å²) in [7, 11) is 0. The SMILES string of the molecule is CC(C)OCC(=O)Nc1ccc2ncnc(Nc3ccc(F)c(Cl)c3)c2c1. The molecular weight excluding hydrogens is 371 g/mol. The van der Waals surface area contributed by atoms with Crippen molar-refractivity contribution in [2.45, 2.75) is 20.0 Å². The molecular formula is C19H18ClFN4O2. The molecule has 0 spiro atoms. The number of nitrogens with zero attached hydrogens (tertiary/aromatic N) is 2. The summed E-state index contributed by atoms with van der Waals surface area (Å²) >= 11 is 5.83. The highest BCUT2D eigenvalue weighted by Gasteiger charge is 2.09. The molecule has 1 amide bonds. The standard InChI is InChI=1S/C19H18ClFN4O2/c1-11(2)27-9-18(26)24-12-4-6-17-14(7-12)19(23-10-22-17)25-13-3-5-16(21)15(20)8-13/h3-8,10-11H,9H2,1-2H3,(H,24,26)(H,22,23,25). The molecule has 0 aliphatic carbocycles. The second kappa shape index (κ2) is 8.28. The number of halogens is 2. The monoisotopic (exact) mass is 388 g/mol. The molecule has 8 heteroatoms. The summed E-state index contributed by atoms with van der Waals surface area (Å²) in [6, 6.07) is 9.59. The smallest absolute Gasteiger partial charge is 0.250 e. The van der Waals surface area contributed by atoms with Gasteiger partial charge in [-0.2, -0.15) is 0 Å². The second-order valence-electron chi connectivity index (χ2n) is 6.12. The van der Waals surface area contributed by atoms with Crippen LogP contribution in [0.4, 0.5) is 21.6 Å². The van der Waals surface area contributed by atoms with Gasteiger partial charge in [-0.25, -0.2) is 14.4 Å². The maximum absolute atomic E-state index is 13.3. The van der Waals surface area contributed by atoms with Crippen molar-refractivity contribution in [1.29, 1.82) is 0 Å². The van der Waals surface area contributed by atoms with Gasteiger partial charge in [-0.3, -0.25) is 4.79 Å². The van der Waals surface area contributed by atoms with Crippen molar-refractivity contribution < 1.29 is 13.9 Å². The van der Waals surface area contributed by atoms with Gasteiger partial charge >= 0.3 is 0 Å². The lowest BCUT2D eigenvalue weighted by Gasteiger charge is -2.11. The largest absolute Gasteiger partial charge is 0.369 e. The highest BCUT2D eigenvalue weighted by molar-refractivity contribution is 6.31. The van der Waals surface area contributed by atoms with Crippen LogP contribution in [0.5, 0.6) is 0 Å². The fraction of sp³-hybridized carbons (Fsp3) is 0.211. The first-order valence-electron chi connectivity index (χ1n) is 8.30. The Hall–Kier alpha value is -2.77. The number of fused-ring (bicyclic) bond motifs is 1. The number of rotatable bonds is 6. The van der Waals surface area contributed by atoms with Crippen molar-refractivity contribution in [1.82, 2.24) is 9.97 Å². The number of ether oxygens (including phenoxy) is 1. The number of aromatic nitrogens is 2. The Kier molecular flexibility index (Phi) is 5.83. The summed E-state index contributed by atoms with van der Waals surface area (Å²) in [6.07, 6.45) is 1.39. The van der Waals surface area contributed by atoms with Gasteiger partial charge in [-0.1, -0.05) is 11.6 Å². The van der Waals surface area contributed by atoms with E-state index in [-0.39, 0.29) is 23.6 Å². The fourth-order valence-electron chi connectivity index (χ4n) is 2.38. The minimum Gasteiger partial charge on any atom is -0.369 e. The van der Waals surface area contributed by atoms with Crippen LogP contribution in [0.1, 0.15) is 13.8 Å². The van der Waals surface area contributed by atoms with Crippen LogP contribution in [0.15, 0.2) is 42.7 Å². The van der Waals surface area contributed by atoms with Crippen molar-refractivity contribution in [2.75, 3.05) is 17.2 Å². The van der Waals surface area contributed by atoms with Crippen molar-refractivity contribution in [3.8, 4) is 0 Å². The second-order valence-corrected chi connectivity index (χ2v) is 6.52. The quantitative estimate of drug-likeness (QED) is 0.648. The highest BCUT2D eigenvalue weighted by atomic mass is 35.5. The number of carbonyl (C=O) groups is 1. The van der Waals surface area contributed by atoms with E-state index in [0.29, 0.717) is 28.1 Å². The lowest BCUT2D eigenvalue weighted by atomic mass is 10.2. The number of amides is 1. The zero-order valence-electron chi connectivity index (χ0n) is 14.8.